The lowest BCUT2D eigenvalue weighted by molar-refractivity contribution is -0.131. The van der Waals surface area contributed by atoms with E-state index in [1.807, 2.05) is 37.2 Å². The fraction of sp³-hybridized carbons (Fsp3) is 0.333. The summed E-state index contributed by atoms with van der Waals surface area (Å²) in [5.41, 5.74) is 4.44. The lowest BCUT2D eigenvalue weighted by Crippen LogP contribution is -2.32. The number of pyridine rings is 1. The van der Waals surface area contributed by atoms with E-state index >= 15 is 0 Å². The molecule has 1 fully saturated rings. The van der Waals surface area contributed by atoms with Crippen molar-refractivity contribution < 1.29 is 13.9 Å². The summed E-state index contributed by atoms with van der Waals surface area (Å²) in [4.78, 5) is 28.4. The van der Waals surface area contributed by atoms with Gasteiger partial charge in [-0.3, -0.25) is 9.78 Å². The molecule has 1 saturated heterocycles. The van der Waals surface area contributed by atoms with Crippen molar-refractivity contribution in [2.75, 3.05) is 13.7 Å². The van der Waals surface area contributed by atoms with Gasteiger partial charge in [-0.15, -0.1) is 0 Å². The van der Waals surface area contributed by atoms with E-state index in [0.29, 0.717) is 17.9 Å². The highest BCUT2D eigenvalue weighted by Gasteiger charge is 2.33. The van der Waals surface area contributed by atoms with E-state index in [2.05, 4.69) is 9.97 Å². The second kappa shape index (κ2) is 8.79. The van der Waals surface area contributed by atoms with Crippen molar-refractivity contribution in [1.29, 1.82) is 0 Å². The zero-order valence-electron chi connectivity index (χ0n) is 17.9. The molecule has 0 spiro atoms. The standard InChI is InChI=1S/C24H25FN4O2/c1-15-13-26-9-8-18(15)19-14-27-16(2)28-24(19)21-5-4-10-29(21)23(30)12-17-6-7-22(31-3)20(25)11-17/h6-9,11,13-14,21H,4-5,10,12H2,1-3H3/t21-/m0/s1. The van der Waals surface area contributed by atoms with Crippen LogP contribution in [0.4, 0.5) is 4.39 Å². The minimum atomic E-state index is -0.465. The van der Waals surface area contributed by atoms with Gasteiger partial charge in [0.05, 0.1) is 25.3 Å². The molecule has 0 bridgehead atoms. The van der Waals surface area contributed by atoms with Gasteiger partial charge in [0.1, 0.15) is 5.82 Å². The molecule has 1 amide bonds. The van der Waals surface area contributed by atoms with Gasteiger partial charge in [0, 0.05) is 30.7 Å². The zero-order chi connectivity index (χ0) is 22.0. The van der Waals surface area contributed by atoms with Crippen molar-refractivity contribution in [2.24, 2.45) is 0 Å². The second-order valence-electron chi connectivity index (χ2n) is 7.80. The highest BCUT2D eigenvalue weighted by molar-refractivity contribution is 5.80. The van der Waals surface area contributed by atoms with Crippen molar-refractivity contribution in [3.63, 3.8) is 0 Å². The Balaban J connectivity index is 1.64. The minimum Gasteiger partial charge on any atom is -0.494 e. The largest absolute Gasteiger partial charge is 0.494 e. The molecule has 3 aromatic rings. The first-order valence-corrected chi connectivity index (χ1v) is 10.3. The normalized spacial score (nSPS) is 15.9. The lowest BCUT2D eigenvalue weighted by Gasteiger charge is -2.26. The number of hydrogen-bond acceptors (Lipinski definition) is 5. The van der Waals surface area contributed by atoms with Gasteiger partial charge in [-0.05, 0) is 61.6 Å². The van der Waals surface area contributed by atoms with Gasteiger partial charge >= 0.3 is 0 Å². The molecule has 3 heterocycles. The third-order valence-electron chi connectivity index (χ3n) is 5.71. The highest BCUT2D eigenvalue weighted by atomic mass is 19.1. The summed E-state index contributed by atoms with van der Waals surface area (Å²) in [6, 6.07) is 6.46. The summed E-state index contributed by atoms with van der Waals surface area (Å²) in [6.07, 6.45) is 7.25. The molecule has 7 heteroatoms. The van der Waals surface area contributed by atoms with Gasteiger partial charge in [-0.25, -0.2) is 14.4 Å². The van der Waals surface area contributed by atoms with Gasteiger partial charge in [0.15, 0.2) is 11.6 Å². The molecule has 6 nitrogen and oxygen atoms in total. The Morgan fingerprint density at radius 3 is 2.81 bits per heavy atom. The quantitative estimate of drug-likeness (QED) is 0.619. The number of methoxy groups -OCH3 is 1. The predicted octanol–water partition coefficient (Wildman–Crippen LogP) is 4.21. The minimum absolute atomic E-state index is 0.0410. The molecular formula is C24H25FN4O2. The average molecular weight is 420 g/mol. The van der Waals surface area contributed by atoms with Gasteiger partial charge < -0.3 is 9.64 Å². The molecule has 0 saturated carbocycles. The maximum Gasteiger partial charge on any atom is 0.227 e. The summed E-state index contributed by atoms with van der Waals surface area (Å²) >= 11 is 0. The maximum absolute atomic E-state index is 14.1. The number of rotatable bonds is 5. The molecule has 2 aromatic heterocycles. The first-order chi connectivity index (χ1) is 15.0. The van der Waals surface area contributed by atoms with E-state index < -0.39 is 5.82 Å². The molecular weight excluding hydrogens is 395 g/mol. The van der Waals surface area contributed by atoms with Crippen molar-refractivity contribution in [3.05, 3.63) is 71.3 Å². The first kappa shape index (κ1) is 20.9. The SMILES string of the molecule is COc1ccc(CC(=O)N2CCC[C@H]2c2nc(C)ncc2-c2ccncc2C)cc1F. The van der Waals surface area contributed by atoms with Crippen LogP contribution < -0.4 is 4.74 Å². The number of halogens is 1. The van der Waals surface area contributed by atoms with E-state index in [4.69, 9.17) is 9.72 Å². The number of likely N-dealkylation sites (tertiary alicyclic amines) is 1. The molecule has 1 atom stereocenters. The Kier molecular flexibility index (Phi) is 5.93. The van der Waals surface area contributed by atoms with E-state index in [1.165, 1.54) is 13.2 Å². The summed E-state index contributed by atoms with van der Waals surface area (Å²) in [7, 11) is 1.42. The van der Waals surface area contributed by atoms with Crippen LogP contribution in [0.5, 0.6) is 5.75 Å². The van der Waals surface area contributed by atoms with Gasteiger partial charge in [0.2, 0.25) is 5.91 Å². The number of carbonyl (C=O) groups is 1. The topological polar surface area (TPSA) is 68.2 Å². The van der Waals surface area contributed by atoms with Gasteiger partial charge in [-0.2, -0.15) is 0 Å². The molecule has 0 radical (unpaired) electrons. The summed E-state index contributed by atoms with van der Waals surface area (Å²) in [5.74, 6) is 0.333. The van der Waals surface area contributed by atoms with E-state index in [0.717, 1.165) is 35.2 Å². The first-order valence-electron chi connectivity index (χ1n) is 10.3. The number of carbonyl (C=O) groups excluding carboxylic acids is 1. The van der Waals surface area contributed by atoms with Crippen LogP contribution >= 0.6 is 0 Å². The van der Waals surface area contributed by atoms with Crippen LogP contribution in [0.25, 0.3) is 11.1 Å². The molecule has 1 aliphatic heterocycles. The van der Waals surface area contributed by atoms with Crippen LogP contribution in [0.15, 0.2) is 42.9 Å². The maximum atomic E-state index is 14.1. The molecule has 160 valence electrons. The van der Waals surface area contributed by atoms with E-state index in [9.17, 15) is 9.18 Å². The Morgan fingerprint density at radius 1 is 1.23 bits per heavy atom. The van der Waals surface area contributed by atoms with Crippen LogP contribution in [0.3, 0.4) is 0 Å². The molecule has 4 rings (SSSR count). The van der Waals surface area contributed by atoms with Gasteiger partial charge in [0.25, 0.3) is 0 Å². The third kappa shape index (κ3) is 4.26. The average Bonchev–Trinajstić information content (AvgIpc) is 3.24. The number of nitrogens with zero attached hydrogens (tertiary/aromatic N) is 4. The molecule has 1 aromatic carbocycles. The second-order valence-corrected chi connectivity index (χ2v) is 7.80. The third-order valence-corrected chi connectivity index (χ3v) is 5.71. The number of ether oxygens (including phenoxy) is 1. The van der Waals surface area contributed by atoms with Crippen LogP contribution in [0, 0.1) is 19.7 Å². The summed E-state index contributed by atoms with van der Waals surface area (Å²) in [6.45, 7) is 4.51. The zero-order valence-corrected chi connectivity index (χ0v) is 17.9. The fourth-order valence-electron chi connectivity index (χ4n) is 4.17. The molecule has 0 unspecified atom stereocenters. The van der Waals surface area contributed by atoms with Crippen molar-refractivity contribution in [1.82, 2.24) is 19.9 Å². The Bertz CT molecular complexity index is 1120. The van der Waals surface area contributed by atoms with Crippen molar-refractivity contribution >= 4 is 5.91 Å². The van der Waals surface area contributed by atoms with E-state index in [1.54, 1.807) is 18.3 Å². The Labute approximate surface area is 181 Å². The van der Waals surface area contributed by atoms with Gasteiger partial charge in [-0.1, -0.05) is 6.07 Å². The monoisotopic (exact) mass is 420 g/mol. The molecule has 31 heavy (non-hydrogen) atoms. The van der Waals surface area contributed by atoms with Crippen LogP contribution in [0.1, 0.15) is 41.5 Å². The van der Waals surface area contributed by atoms with E-state index in [-0.39, 0.29) is 24.1 Å². The molecule has 0 aliphatic carbocycles. The number of amides is 1. The van der Waals surface area contributed by atoms with Crippen LogP contribution in [0.2, 0.25) is 0 Å². The number of aromatic nitrogens is 3. The fourth-order valence-corrected chi connectivity index (χ4v) is 4.17. The number of benzene rings is 1. The summed E-state index contributed by atoms with van der Waals surface area (Å²) < 4.78 is 19.0. The molecule has 0 N–H and O–H groups in total. The molecule has 1 aliphatic rings. The Hall–Kier alpha value is -3.35. The number of aryl methyl sites for hydroxylation is 2. The number of hydrogen-bond donors (Lipinski definition) is 0. The van der Waals surface area contributed by atoms with Crippen LogP contribution in [-0.4, -0.2) is 39.4 Å². The highest BCUT2D eigenvalue weighted by Crippen LogP contribution is 2.37. The van der Waals surface area contributed by atoms with Crippen molar-refractivity contribution in [3.8, 4) is 16.9 Å². The van der Waals surface area contributed by atoms with Crippen molar-refractivity contribution in [2.45, 2.75) is 39.2 Å². The predicted molar refractivity (Wildman–Crippen MR) is 115 cm³/mol. The van der Waals surface area contributed by atoms with Crippen LogP contribution in [-0.2, 0) is 11.2 Å². The Morgan fingerprint density at radius 2 is 2.06 bits per heavy atom. The lowest BCUT2D eigenvalue weighted by atomic mass is 9.97. The summed E-state index contributed by atoms with van der Waals surface area (Å²) in [5, 5.41) is 0. The smallest absolute Gasteiger partial charge is 0.227 e.